The first-order valence-corrected chi connectivity index (χ1v) is 5.91. The Morgan fingerprint density at radius 3 is 2.12 bits per heavy atom. The van der Waals surface area contributed by atoms with Gasteiger partial charge in [0.25, 0.3) is 0 Å². The highest BCUT2D eigenvalue weighted by molar-refractivity contribution is 5.87. The van der Waals surface area contributed by atoms with E-state index in [-0.39, 0.29) is 0 Å². The number of hydrogen-bond donors (Lipinski definition) is 1. The molecule has 0 fully saturated rings. The van der Waals surface area contributed by atoms with Crippen molar-refractivity contribution in [3.8, 4) is 0 Å². The highest BCUT2D eigenvalue weighted by Gasteiger charge is 2.16. The predicted molar refractivity (Wildman–Crippen MR) is 69.3 cm³/mol. The van der Waals surface area contributed by atoms with Crippen LogP contribution in [0.1, 0.15) is 42.2 Å². The Hall–Kier alpha value is -1.35. The summed E-state index contributed by atoms with van der Waals surface area (Å²) in [6.45, 7) is 4.39. The summed E-state index contributed by atoms with van der Waals surface area (Å²) in [5.41, 5.74) is 1.52. The zero-order valence-corrected chi connectivity index (χ0v) is 11.0. The topological polar surface area (TPSA) is 40.5 Å². The molecule has 1 rings (SSSR count). The fraction of sp³-hybridized carbons (Fsp3) is 0.500. The summed E-state index contributed by atoms with van der Waals surface area (Å²) in [4.78, 5) is 13.0. The maximum Gasteiger partial charge on any atom is 0.335 e. The van der Waals surface area contributed by atoms with Crippen LogP contribution >= 0.6 is 0 Å². The van der Waals surface area contributed by atoms with E-state index < -0.39 is 5.97 Å². The van der Waals surface area contributed by atoms with Crippen LogP contribution in [0.25, 0.3) is 0 Å². The van der Waals surface area contributed by atoms with E-state index in [1.54, 1.807) is 12.1 Å². The molecule has 0 radical (unpaired) electrons. The summed E-state index contributed by atoms with van der Waals surface area (Å²) in [5, 5.41) is 8.86. The normalized spacial score (nSPS) is 13.1. The van der Waals surface area contributed by atoms with Crippen molar-refractivity contribution in [2.45, 2.75) is 26.3 Å². The lowest BCUT2D eigenvalue weighted by Crippen LogP contribution is -2.21. The third-order valence-corrected chi connectivity index (χ3v) is 2.86. The minimum absolute atomic E-state index is 0.343. The minimum atomic E-state index is -0.873. The molecule has 0 bridgehead atoms. The van der Waals surface area contributed by atoms with Crippen molar-refractivity contribution in [3.63, 3.8) is 0 Å². The fourth-order valence-corrected chi connectivity index (χ4v) is 1.94. The Labute approximate surface area is 103 Å². The van der Waals surface area contributed by atoms with E-state index in [1.165, 1.54) is 5.56 Å². The molecule has 1 N–H and O–H groups in total. The van der Waals surface area contributed by atoms with Gasteiger partial charge >= 0.3 is 5.97 Å². The van der Waals surface area contributed by atoms with E-state index in [0.29, 0.717) is 17.5 Å². The Morgan fingerprint density at radius 1 is 1.24 bits per heavy atom. The van der Waals surface area contributed by atoms with Crippen LogP contribution in [-0.4, -0.2) is 30.1 Å². The summed E-state index contributed by atoms with van der Waals surface area (Å²) in [6.07, 6.45) is 1.07. The maximum absolute atomic E-state index is 10.8. The van der Waals surface area contributed by atoms with Crippen molar-refractivity contribution in [1.29, 1.82) is 0 Å². The molecular weight excluding hydrogens is 214 g/mol. The smallest absolute Gasteiger partial charge is 0.335 e. The maximum atomic E-state index is 10.8. The van der Waals surface area contributed by atoms with Gasteiger partial charge in [-0.2, -0.15) is 0 Å². The van der Waals surface area contributed by atoms with Gasteiger partial charge in [0.2, 0.25) is 0 Å². The van der Waals surface area contributed by atoms with E-state index in [4.69, 9.17) is 5.11 Å². The van der Waals surface area contributed by atoms with Gasteiger partial charge in [-0.05, 0) is 44.1 Å². The third-order valence-electron chi connectivity index (χ3n) is 2.86. The molecule has 1 atom stereocenters. The molecular formula is C14H21NO2. The van der Waals surface area contributed by atoms with E-state index in [0.717, 1.165) is 6.42 Å². The number of aromatic carboxylic acids is 1. The molecule has 1 aromatic carbocycles. The molecule has 0 saturated carbocycles. The van der Waals surface area contributed by atoms with Gasteiger partial charge in [0.15, 0.2) is 0 Å². The third kappa shape index (κ3) is 3.86. The molecule has 0 aromatic heterocycles. The molecule has 0 saturated heterocycles. The van der Waals surface area contributed by atoms with Gasteiger partial charge < -0.3 is 10.0 Å². The quantitative estimate of drug-likeness (QED) is 0.852. The van der Waals surface area contributed by atoms with Crippen molar-refractivity contribution < 1.29 is 9.90 Å². The molecule has 94 valence electrons. The lowest BCUT2D eigenvalue weighted by atomic mass is 9.95. The van der Waals surface area contributed by atoms with Crippen molar-refractivity contribution in [2.75, 3.05) is 14.1 Å². The Morgan fingerprint density at radius 2 is 1.76 bits per heavy atom. The van der Waals surface area contributed by atoms with Crippen LogP contribution in [0.3, 0.4) is 0 Å². The molecule has 17 heavy (non-hydrogen) atoms. The van der Waals surface area contributed by atoms with E-state index in [1.807, 2.05) is 12.1 Å². The summed E-state index contributed by atoms with van der Waals surface area (Å²) in [7, 11) is 4.11. The minimum Gasteiger partial charge on any atom is -0.478 e. The van der Waals surface area contributed by atoms with Crippen LogP contribution in [-0.2, 0) is 0 Å². The van der Waals surface area contributed by atoms with Crippen molar-refractivity contribution in [3.05, 3.63) is 35.4 Å². The number of benzene rings is 1. The second-order valence-corrected chi connectivity index (χ2v) is 5.04. The van der Waals surface area contributed by atoms with Gasteiger partial charge in [-0.25, -0.2) is 4.79 Å². The first-order valence-electron chi connectivity index (χ1n) is 5.91. The molecule has 0 aliphatic rings. The number of nitrogens with zero attached hydrogens (tertiary/aromatic N) is 1. The highest BCUT2D eigenvalue weighted by atomic mass is 16.4. The molecule has 3 nitrogen and oxygen atoms in total. The van der Waals surface area contributed by atoms with Crippen LogP contribution in [0.4, 0.5) is 0 Å². The first-order chi connectivity index (χ1) is 7.91. The van der Waals surface area contributed by atoms with Gasteiger partial charge in [0, 0.05) is 6.04 Å². The van der Waals surface area contributed by atoms with Gasteiger partial charge in [-0.3, -0.25) is 0 Å². The predicted octanol–water partition coefficient (Wildman–Crippen LogP) is 3.03. The zero-order chi connectivity index (χ0) is 13.0. The molecule has 0 aliphatic heterocycles. The van der Waals surface area contributed by atoms with Crippen molar-refractivity contribution in [1.82, 2.24) is 4.90 Å². The molecule has 1 unspecified atom stereocenters. The summed E-state index contributed by atoms with van der Waals surface area (Å²) < 4.78 is 0. The number of carbonyl (C=O) groups is 1. The average molecular weight is 235 g/mol. The zero-order valence-electron chi connectivity index (χ0n) is 11.0. The van der Waals surface area contributed by atoms with E-state index in [2.05, 4.69) is 32.8 Å². The van der Waals surface area contributed by atoms with Crippen molar-refractivity contribution in [2.24, 2.45) is 5.92 Å². The average Bonchev–Trinajstić information content (AvgIpc) is 2.25. The van der Waals surface area contributed by atoms with Crippen molar-refractivity contribution >= 4 is 5.97 Å². The Balaban J connectivity index is 2.91. The van der Waals surface area contributed by atoms with E-state index in [9.17, 15) is 4.79 Å². The highest BCUT2D eigenvalue weighted by Crippen LogP contribution is 2.25. The monoisotopic (exact) mass is 235 g/mol. The Kier molecular flexibility index (Phi) is 4.70. The Bertz CT molecular complexity index is 368. The molecule has 1 aromatic rings. The molecule has 0 aliphatic carbocycles. The standard InChI is InChI=1S/C14H21NO2/c1-10(2)9-13(15(3)4)11-5-7-12(8-6-11)14(16)17/h5-8,10,13H,9H2,1-4H3,(H,16,17). The van der Waals surface area contributed by atoms with Crippen LogP contribution in [0, 0.1) is 5.92 Å². The fourth-order valence-electron chi connectivity index (χ4n) is 1.94. The second-order valence-electron chi connectivity index (χ2n) is 5.04. The number of rotatable bonds is 5. The van der Waals surface area contributed by atoms with Gasteiger partial charge in [0.1, 0.15) is 0 Å². The largest absolute Gasteiger partial charge is 0.478 e. The van der Waals surface area contributed by atoms with Crippen LogP contribution in [0.2, 0.25) is 0 Å². The molecule has 0 amide bonds. The number of hydrogen-bond acceptors (Lipinski definition) is 2. The lowest BCUT2D eigenvalue weighted by Gasteiger charge is -2.26. The molecule has 0 spiro atoms. The van der Waals surface area contributed by atoms with Crippen LogP contribution in [0.5, 0.6) is 0 Å². The summed E-state index contributed by atoms with van der Waals surface area (Å²) in [6, 6.07) is 7.52. The van der Waals surface area contributed by atoms with Crippen LogP contribution in [0.15, 0.2) is 24.3 Å². The van der Waals surface area contributed by atoms with Crippen LogP contribution < -0.4 is 0 Å². The van der Waals surface area contributed by atoms with E-state index >= 15 is 0 Å². The second kappa shape index (κ2) is 5.82. The number of carboxylic acid groups (broad SMARTS) is 1. The number of carboxylic acids is 1. The van der Waals surface area contributed by atoms with Gasteiger partial charge in [-0.15, -0.1) is 0 Å². The van der Waals surface area contributed by atoms with Gasteiger partial charge in [0.05, 0.1) is 5.56 Å². The summed E-state index contributed by atoms with van der Waals surface area (Å²) in [5.74, 6) is -0.261. The molecule has 0 heterocycles. The molecule has 3 heteroatoms. The van der Waals surface area contributed by atoms with Gasteiger partial charge in [-0.1, -0.05) is 26.0 Å². The summed E-state index contributed by atoms with van der Waals surface area (Å²) >= 11 is 0. The lowest BCUT2D eigenvalue weighted by molar-refractivity contribution is 0.0697. The SMILES string of the molecule is CC(C)CC(c1ccc(C(=O)O)cc1)N(C)C. The first kappa shape index (κ1) is 13.7.